The van der Waals surface area contributed by atoms with E-state index >= 15 is 0 Å². The second kappa shape index (κ2) is 7.12. The van der Waals surface area contributed by atoms with Crippen LogP contribution in [0.25, 0.3) is 0 Å². The van der Waals surface area contributed by atoms with Crippen LogP contribution < -0.4 is 4.74 Å². The van der Waals surface area contributed by atoms with Crippen molar-refractivity contribution >= 4 is 15.9 Å². The molecule has 0 amide bonds. The molecule has 0 radical (unpaired) electrons. The molecule has 2 unspecified atom stereocenters. The van der Waals surface area contributed by atoms with Gasteiger partial charge in [0.25, 0.3) is 0 Å². The molecule has 0 aromatic heterocycles. The first-order valence-corrected chi connectivity index (χ1v) is 7.51. The molecule has 1 saturated heterocycles. The average molecular weight is 314 g/mol. The summed E-state index contributed by atoms with van der Waals surface area (Å²) < 4.78 is 11.4. The van der Waals surface area contributed by atoms with E-state index in [1.165, 1.54) is 0 Å². The first kappa shape index (κ1) is 13.8. The number of para-hydroxylation sites is 1. The lowest BCUT2D eigenvalue weighted by Crippen LogP contribution is -2.50. The molecule has 1 aromatic rings. The predicted octanol–water partition coefficient (Wildman–Crippen LogP) is 2.55. The molecule has 3 nitrogen and oxygen atoms in total. The second-order valence-electron chi connectivity index (χ2n) is 4.62. The van der Waals surface area contributed by atoms with Crippen molar-refractivity contribution < 1.29 is 9.47 Å². The van der Waals surface area contributed by atoms with Crippen molar-refractivity contribution in [3.8, 4) is 5.75 Å². The monoisotopic (exact) mass is 313 g/mol. The van der Waals surface area contributed by atoms with Crippen molar-refractivity contribution in [1.29, 1.82) is 0 Å². The normalized spacial score (nSPS) is 25.0. The van der Waals surface area contributed by atoms with Crippen LogP contribution in [0.1, 0.15) is 6.92 Å². The van der Waals surface area contributed by atoms with Crippen LogP contribution in [0.15, 0.2) is 30.3 Å². The van der Waals surface area contributed by atoms with Gasteiger partial charge in [0.15, 0.2) is 0 Å². The summed E-state index contributed by atoms with van der Waals surface area (Å²) in [7, 11) is 0. The van der Waals surface area contributed by atoms with Crippen LogP contribution in [0.3, 0.4) is 0 Å². The van der Waals surface area contributed by atoms with E-state index in [0.29, 0.717) is 12.1 Å². The van der Waals surface area contributed by atoms with Crippen LogP contribution >= 0.6 is 15.9 Å². The number of morpholine rings is 1. The Labute approximate surface area is 117 Å². The summed E-state index contributed by atoms with van der Waals surface area (Å²) in [5.74, 6) is 0.940. The van der Waals surface area contributed by atoms with Crippen molar-refractivity contribution in [2.45, 2.75) is 19.1 Å². The number of halogens is 1. The summed E-state index contributed by atoms with van der Waals surface area (Å²) >= 11 is 3.48. The summed E-state index contributed by atoms with van der Waals surface area (Å²) in [5.41, 5.74) is 0. The maximum absolute atomic E-state index is 5.73. The van der Waals surface area contributed by atoms with Gasteiger partial charge in [-0.25, -0.2) is 0 Å². The molecule has 18 heavy (non-hydrogen) atoms. The Morgan fingerprint density at radius 3 is 2.89 bits per heavy atom. The molecule has 2 atom stereocenters. The van der Waals surface area contributed by atoms with Gasteiger partial charge in [0.05, 0.1) is 12.7 Å². The number of alkyl halides is 1. The number of rotatable bonds is 5. The van der Waals surface area contributed by atoms with Crippen molar-refractivity contribution in [2.24, 2.45) is 0 Å². The highest BCUT2D eigenvalue weighted by Crippen LogP contribution is 2.14. The molecule has 0 bridgehead atoms. The fourth-order valence-electron chi connectivity index (χ4n) is 2.08. The largest absolute Gasteiger partial charge is 0.492 e. The van der Waals surface area contributed by atoms with E-state index in [4.69, 9.17) is 9.47 Å². The van der Waals surface area contributed by atoms with Gasteiger partial charge < -0.3 is 9.47 Å². The Kier molecular flexibility index (Phi) is 5.47. The third kappa shape index (κ3) is 3.97. The number of benzene rings is 1. The summed E-state index contributed by atoms with van der Waals surface area (Å²) in [6.45, 7) is 5.66. The maximum atomic E-state index is 5.73. The fraction of sp³-hybridized carbons (Fsp3) is 0.571. The summed E-state index contributed by atoms with van der Waals surface area (Å²) in [6.07, 6.45) is 0.304. The van der Waals surface area contributed by atoms with Gasteiger partial charge in [0.2, 0.25) is 0 Å². The van der Waals surface area contributed by atoms with Crippen LogP contribution in [-0.2, 0) is 4.74 Å². The Morgan fingerprint density at radius 2 is 2.17 bits per heavy atom. The molecule has 1 aliphatic rings. The van der Waals surface area contributed by atoms with E-state index < -0.39 is 0 Å². The standard InChI is InChI=1S/C14H20BrNO2/c1-12-11-18-14(9-15)10-16(12)7-8-17-13-5-3-2-4-6-13/h2-6,12,14H,7-11H2,1H3. The van der Waals surface area contributed by atoms with E-state index in [1.807, 2.05) is 30.3 Å². The molecule has 1 aromatic carbocycles. The molecular formula is C14H20BrNO2. The van der Waals surface area contributed by atoms with Crippen molar-refractivity contribution in [3.63, 3.8) is 0 Å². The average Bonchev–Trinajstić information content (AvgIpc) is 2.42. The third-order valence-corrected chi connectivity index (χ3v) is 3.92. The predicted molar refractivity (Wildman–Crippen MR) is 76.5 cm³/mol. The Morgan fingerprint density at radius 1 is 1.39 bits per heavy atom. The summed E-state index contributed by atoms with van der Waals surface area (Å²) in [4.78, 5) is 2.43. The Bertz CT molecular complexity index is 347. The third-order valence-electron chi connectivity index (χ3n) is 3.20. The van der Waals surface area contributed by atoms with Crippen LogP contribution in [0.4, 0.5) is 0 Å². The molecule has 4 heteroatoms. The number of nitrogens with zero attached hydrogens (tertiary/aromatic N) is 1. The SMILES string of the molecule is CC1COC(CBr)CN1CCOc1ccccc1. The molecule has 2 rings (SSSR count). The molecular weight excluding hydrogens is 294 g/mol. The molecule has 0 spiro atoms. The highest BCUT2D eigenvalue weighted by atomic mass is 79.9. The fourth-order valence-corrected chi connectivity index (χ4v) is 2.47. The van der Waals surface area contributed by atoms with E-state index in [0.717, 1.165) is 37.4 Å². The lowest BCUT2D eigenvalue weighted by Gasteiger charge is -2.37. The lowest BCUT2D eigenvalue weighted by atomic mass is 10.2. The van der Waals surface area contributed by atoms with Gasteiger partial charge in [0, 0.05) is 24.5 Å². The van der Waals surface area contributed by atoms with Gasteiger partial charge in [-0.3, -0.25) is 4.90 Å². The van der Waals surface area contributed by atoms with Crippen molar-refractivity contribution in [1.82, 2.24) is 4.90 Å². The van der Waals surface area contributed by atoms with Gasteiger partial charge in [-0.05, 0) is 19.1 Å². The van der Waals surface area contributed by atoms with Gasteiger partial charge in [-0.1, -0.05) is 34.1 Å². The Balaban J connectivity index is 1.75. The molecule has 0 saturated carbocycles. The smallest absolute Gasteiger partial charge is 0.119 e. The summed E-state index contributed by atoms with van der Waals surface area (Å²) in [5, 5.41) is 0.899. The zero-order chi connectivity index (χ0) is 12.8. The zero-order valence-corrected chi connectivity index (χ0v) is 12.3. The van der Waals surface area contributed by atoms with Crippen LogP contribution in [0.5, 0.6) is 5.75 Å². The minimum atomic E-state index is 0.304. The van der Waals surface area contributed by atoms with Gasteiger partial charge in [-0.15, -0.1) is 0 Å². The van der Waals surface area contributed by atoms with Crippen molar-refractivity contribution in [3.05, 3.63) is 30.3 Å². The van der Waals surface area contributed by atoms with Crippen LogP contribution in [-0.4, -0.2) is 48.7 Å². The molecule has 100 valence electrons. The molecule has 1 aliphatic heterocycles. The Hall–Kier alpha value is -0.580. The number of hydrogen-bond acceptors (Lipinski definition) is 3. The summed E-state index contributed by atoms with van der Waals surface area (Å²) in [6, 6.07) is 10.4. The highest BCUT2D eigenvalue weighted by Gasteiger charge is 2.24. The second-order valence-corrected chi connectivity index (χ2v) is 5.26. The van der Waals surface area contributed by atoms with Crippen LogP contribution in [0.2, 0.25) is 0 Å². The van der Waals surface area contributed by atoms with Gasteiger partial charge in [-0.2, -0.15) is 0 Å². The van der Waals surface area contributed by atoms with E-state index in [1.54, 1.807) is 0 Å². The number of hydrogen-bond donors (Lipinski definition) is 0. The van der Waals surface area contributed by atoms with Gasteiger partial charge in [0.1, 0.15) is 12.4 Å². The topological polar surface area (TPSA) is 21.7 Å². The quantitative estimate of drug-likeness (QED) is 0.780. The first-order valence-electron chi connectivity index (χ1n) is 6.39. The van der Waals surface area contributed by atoms with Gasteiger partial charge >= 0.3 is 0 Å². The minimum absolute atomic E-state index is 0.304. The molecule has 1 fully saturated rings. The van der Waals surface area contributed by atoms with Crippen molar-refractivity contribution in [2.75, 3.05) is 31.6 Å². The minimum Gasteiger partial charge on any atom is -0.492 e. The molecule has 0 aliphatic carbocycles. The van der Waals surface area contributed by atoms with E-state index in [2.05, 4.69) is 27.8 Å². The lowest BCUT2D eigenvalue weighted by molar-refractivity contribution is -0.0496. The molecule has 0 N–H and O–H groups in total. The van der Waals surface area contributed by atoms with Crippen LogP contribution in [0, 0.1) is 0 Å². The first-order chi connectivity index (χ1) is 8.79. The number of ether oxygens (including phenoxy) is 2. The maximum Gasteiger partial charge on any atom is 0.119 e. The van der Waals surface area contributed by atoms with E-state index in [-0.39, 0.29) is 0 Å². The highest BCUT2D eigenvalue weighted by molar-refractivity contribution is 9.09. The zero-order valence-electron chi connectivity index (χ0n) is 10.7. The van der Waals surface area contributed by atoms with E-state index in [9.17, 15) is 0 Å². The molecule has 1 heterocycles.